The molecule has 1 fully saturated rings. The minimum absolute atomic E-state index is 0.0158. The van der Waals surface area contributed by atoms with Crippen LogP contribution in [-0.4, -0.2) is 55.3 Å². The van der Waals surface area contributed by atoms with Gasteiger partial charge in [-0.15, -0.1) is 0 Å². The van der Waals surface area contributed by atoms with Gasteiger partial charge in [0.15, 0.2) is 5.03 Å². The predicted molar refractivity (Wildman–Crippen MR) is 79.4 cm³/mol. The summed E-state index contributed by atoms with van der Waals surface area (Å²) in [5.74, 6) is 0. The quantitative estimate of drug-likeness (QED) is 0.807. The van der Waals surface area contributed by atoms with Gasteiger partial charge in [-0.2, -0.15) is 9.40 Å². The summed E-state index contributed by atoms with van der Waals surface area (Å²) in [5.41, 5.74) is 0.669. The summed E-state index contributed by atoms with van der Waals surface area (Å²) in [6.07, 6.45) is 3.02. The topological polar surface area (TPSA) is 87.3 Å². The van der Waals surface area contributed by atoms with E-state index < -0.39 is 10.0 Å². The van der Waals surface area contributed by atoms with E-state index in [4.69, 9.17) is 4.74 Å². The van der Waals surface area contributed by atoms with E-state index in [1.54, 1.807) is 13.2 Å². The molecule has 2 heterocycles. The molecule has 1 aromatic rings. The lowest BCUT2D eigenvalue weighted by Gasteiger charge is -2.30. The Balaban J connectivity index is 2.17. The maximum absolute atomic E-state index is 12.7. The molecule has 0 aromatic carbocycles. The van der Waals surface area contributed by atoms with Crippen LogP contribution in [0.15, 0.2) is 11.2 Å². The molecule has 1 aliphatic rings. The SMILES string of the molecule is CC(C)NCc1cn[nH]c1S(=O)(=O)N(C)C1CCOCC1. The average molecular weight is 316 g/mol. The van der Waals surface area contributed by atoms with Crippen molar-refractivity contribution in [2.45, 2.75) is 50.3 Å². The van der Waals surface area contributed by atoms with Gasteiger partial charge in [-0.1, -0.05) is 13.8 Å². The standard InChI is InChI=1S/C13H24N4O3S/c1-10(2)14-8-11-9-15-16-13(11)21(18,19)17(3)12-4-6-20-7-5-12/h9-10,12,14H,4-8H2,1-3H3,(H,15,16). The predicted octanol–water partition coefficient (Wildman–Crippen LogP) is 0.707. The number of aromatic amines is 1. The van der Waals surface area contributed by atoms with E-state index in [1.807, 2.05) is 13.8 Å². The molecule has 120 valence electrons. The zero-order chi connectivity index (χ0) is 15.5. The molecule has 0 radical (unpaired) electrons. The number of nitrogens with zero attached hydrogens (tertiary/aromatic N) is 2. The Kier molecular flexibility index (Phi) is 5.37. The zero-order valence-electron chi connectivity index (χ0n) is 12.8. The van der Waals surface area contributed by atoms with Crippen molar-refractivity contribution in [2.75, 3.05) is 20.3 Å². The normalized spacial score (nSPS) is 17.8. The van der Waals surface area contributed by atoms with Crippen molar-refractivity contribution in [3.63, 3.8) is 0 Å². The van der Waals surface area contributed by atoms with Crippen LogP contribution in [0.5, 0.6) is 0 Å². The number of nitrogens with one attached hydrogen (secondary N) is 2. The second kappa shape index (κ2) is 6.87. The summed E-state index contributed by atoms with van der Waals surface area (Å²) in [6.45, 7) is 5.72. The van der Waals surface area contributed by atoms with Crippen molar-refractivity contribution >= 4 is 10.0 Å². The second-order valence-corrected chi connectivity index (χ2v) is 7.56. The van der Waals surface area contributed by atoms with Gasteiger partial charge in [0.05, 0.1) is 6.20 Å². The van der Waals surface area contributed by atoms with E-state index in [1.165, 1.54) is 4.31 Å². The van der Waals surface area contributed by atoms with Gasteiger partial charge in [0.1, 0.15) is 0 Å². The van der Waals surface area contributed by atoms with Gasteiger partial charge in [0.25, 0.3) is 10.0 Å². The average Bonchev–Trinajstić information content (AvgIpc) is 2.94. The smallest absolute Gasteiger partial charge is 0.260 e. The molecule has 1 aliphatic heterocycles. The first-order valence-corrected chi connectivity index (χ1v) is 8.68. The van der Waals surface area contributed by atoms with Gasteiger partial charge < -0.3 is 10.1 Å². The monoisotopic (exact) mass is 316 g/mol. The molecule has 2 rings (SSSR count). The Bertz CT molecular complexity index is 550. The number of H-pyrrole nitrogens is 1. The molecule has 0 atom stereocenters. The van der Waals surface area contributed by atoms with Crippen molar-refractivity contribution in [1.29, 1.82) is 0 Å². The molecule has 0 unspecified atom stereocenters. The van der Waals surface area contributed by atoms with E-state index in [9.17, 15) is 8.42 Å². The van der Waals surface area contributed by atoms with Crippen molar-refractivity contribution < 1.29 is 13.2 Å². The molecule has 0 aliphatic carbocycles. The molecule has 21 heavy (non-hydrogen) atoms. The molecule has 8 heteroatoms. The van der Waals surface area contributed by atoms with Crippen LogP contribution >= 0.6 is 0 Å². The molecular formula is C13H24N4O3S. The van der Waals surface area contributed by atoms with E-state index >= 15 is 0 Å². The number of ether oxygens (including phenoxy) is 1. The molecular weight excluding hydrogens is 292 g/mol. The molecule has 0 bridgehead atoms. The summed E-state index contributed by atoms with van der Waals surface area (Å²) in [5, 5.41) is 9.94. The summed E-state index contributed by atoms with van der Waals surface area (Å²) in [7, 11) is -1.92. The van der Waals surface area contributed by atoms with Gasteiger partial charge in [-0.25, -0.2) is 8.42 Å². The van der Waals surface area contributed by atoms with E-state index in [0.717, 1.165) is 12.8 Å². The van der Waals surface area contributed by atoms with Gasteiger partial charge in [-0.3, -0.25) is 5.10 Å². The highest BCUT2D eigenvalue weighted by atomic mass is 32.2. The molecule has 0 saturated carbocycles. The van der Waals surface area contributed by atoms with Crippen molar-refractivity contribution in [3.05, 3.63) is 11.8 Å². The fraction of sp³-hybridized carbons (Fsp3) is 0.769. The van der Waals surface area contributed by atoms with Gasteiger partial charge in [0, 0.05) is 44.5 Å². The van der Waals surface area contributed by atoms with Gasteiger partial charge in [0.2, 0.25) is 0 Å². The fourth-order valence-corrected chi connectivity index (χ4v) is 3.87. The summed E-state index contributed by atoms with van der Waals surface area (Å²) in [4.78, 5) is 0. The van der Waals surface area contributed by atoms with E-state index in [2.05, 4.69) is 15.5 Å². The highest BCUT2D eigenvalue weighted by molar-refractivity contribution is 7.89. The third-order valence-corrected chi connectivity index (χ3v) is 5.65. The van der Waals surface area contributed by atoms with Crippen LogP contribution in [0.2, 0.25) is 0 Å². The molecule has 7 nitrogen and oxygen atoms in total. The first-order valence-electron chi connectivity index (χ1n) is 7.24. The van der Waals surface area contributed by atoms with Crippen molar-refractivity contribution in [2.24, 2.45) is 0 Å². The second-order valence-electron chi connectivity index (χ2n) is 5.62. The maximum Gasteiger partial charge on any atom is 0.260 e. The molecule has 1 aromatic heterocycles. The lowest BCUT2D eigenvalue weighted by atomic mass is 10.1. The Hall–Kier alpha value is -0.960. The number of aromatic nitrogens is 2. The lowest BCUT2D eigenvalue weighted by molar-refractivity contribution is 0.0631. The third-order valence-electron chi connectivity index (χ3n) is 3.72. The Morgan fingerprint density at radius 1 is 1.48 bits per heavy atom. The fourth-order valence-electron chi connectivity index (χ4n) is 2.35. The van der Waals surface area contributed by atoms with Gasteiger partial charge in [-0.05, 0) is 12.8 Å². The van der Waals surface area contributed by atoms with Crippen LogP contribution < -0.4 is 5.32 Å². The third kappa shape index (κ3) is 3.82. The zero-order valence-corrected chi connectivity index (χ0v) is 13.6. The largest absolute Gasteiger partial charge is 0.381 e. The van der Waals surface area contributed by atoms with Crippen LogP contribution in [0.3, 0.4) is 0 Å². The van der Waals surface area contributed by atoms with Crippen molar-refractivity contribution in [1.82, 2.24) is 19.8 Å². The Morgan fingerprint density at radius 3 is 2.76 bits per heavy atom. The first kappa shape index (κ1) is 16.4. The highest BCUT2D eigenvalue weighted by Gasteiger charge is 2.32. The summed E-state index contributed by atoms with van der Waals surface area (Å²) >= 11 is 0. The van der Waals surface area contributed by atoms with Crippen LogP contribution in [0.4, 0.5) is 0 Å². The van der Waals surface area contributed by atoms with Crippen LogP contribution in [0, 0.1) is 0 Å². The number of rotatable bonds is 6. The Labute approximate surface area is 126 Å². The van der Waals surface area contributed by atoms with E-state index in [-0.39, 0.29) is 17.1 Å². The molecule has 0 amide bonds. The number of hydrogen-bond acceptors (Lipinski definition) is 5. The number of hydrogen-bond donors (Lipinski definition) is 2. The van der Waals surface area contributed by atoms with Crippen molar-refractivity contribution in [3.8, 4) is 0 Å². The van der Waals surface area contributed by atoms with Crippen LogP contribution in [0.25, 0.3) is 0 Å². The highest BCUT2D eigenvalue weighted by Crippen LogP contribution is 2.22. The summed E-state index contributed by atoms with van der Waals surface area (Å²) in [6, 6.07) is 0.265. The lowest BCUT2D eigenvalue weighted by Crippen LogP contribution is -2.41. The van der Waals surface area contributed by atoms with Crippen LogP contribution in [-0.2, 0) is 21.3 Å². The van der Waals surface area contributed by atoms with E-state index in [0.29, 0.717) is 25.3 Å². The first-order chi connectivity index (χ1) is 9.93. The van der Waals surface area contributed by atoms with Gasteiger partial charge >= 0.3 is 0 Å². The maximum atomic E-state index is 12.7. The molecule has 0 spiro atoms. The molecule has 2 N–H and O–H groups in total. The minimum Gasteiger partial charge on any atom is -0.381 e. The molecule has 1 saturated heterocycles. The number of sulfonamides is 1. The minimum atomic E-state index is -3.55. The Morgan fingerprint density at radius 2 is 2.14 bits per heavy atom. The summed E-state index contributed by atoms with van der Waals surface area (Å²) < 4.78 is 32.2. The van der Waals surface area contributed by atoms with Crippen LogP contribution in [0.1, 0.15) is 32.3 Å².